The Morgan fingerprint density at radius 2 is 2.25 bits per heavy atom. The van der Waals surface area contributed by atoms with Crippen LogP contribution in [0.1, 0.15) is 18.1 Å². The number of fused-ring (bicyclic) bond motifs is 1. The zero-order valence-corrected chi connectivity index (χ0v) is 8.46. The van der Waals surface area contributed by atoms with Gasteiger partial charge in [-0.15, -0.1) is 0 Å². The average molecular weight is 217 g/mol. The van der Waals surface area contributed by atoms with E-state index in [0.717, 1.165) is 10.9 Å². The normalized spacial score (nSPS) is 14.6. The lowest BCUT2D eigenvalue weighted by molar-refractivity contribution is 0.0217. The lowest BCUT2D eigenvalue weighted by Gasteiger charge is -2.15. The molecular formula is C11H11N3O2. The minimum absolute atomic E-state index is 0.0927. The molecule has 0 fully saturated rings. The molecule has 5 heteroatoms. The fourth-order valence-corrected chi connectivity index (χ4v) is 1.57. The number of aliphatic hydroxyl groups excluding tert-OH is 2. The first kappa shape index (κ1) is 10.6. The van der Waals surface area contributed by atoms with E-state index in [2.05, 4.69) is 10.2 Å². The van der Waals surface area contributed by atoms with Crippen LogP contribution in [0.25, 0.3) is 10.9 Å². The second kappa shape index (κ2) is 4.31. The number of nitriles is 1. The highest BCUT2D eigenvalue weighted by Gasteiger charge is 2.18. The van der Waals surface area contributed by atoms with E-state index in [1.54, 1.807) is 24.4 Å². The van der Waals surface area contributed by atoms with Gasteiger partial charge in [-0.25, -0.2) is 0 Å². The summed E-state index contributed by atoms with van der Waals surface area (Å²) in [5, 5.41) is 35.2. The number of aromatic amines is 1. The Hall–Kier alpha value is -1.90. The molecule has 0 radical (unpaired) electrons. The second-order valence-electron chi connectivity index (χ2n) is 3.59. The van der Waals surface area contributed by atoms with E-state index in [1.165, 1.54) is 0 Å². The standard InChI is InChI=1S/C11H11N3O2/c12-4-3-10(15)11(16)7-1-2-9-8(5-7)6-13-14-9/h1-2,5-6,10-11,15-16H,3H2,(H,13,14). The highest BCUT2D eigenvalue weighted by atomic mass is 16.3. The van der Waals surface area contributed by atoms with Gasteiger partial charge in [-0.1, -0.05) is 6.07 Å². The summed E-state index contributed by atoms with van der Waals surface area (Å²) in [5.74, 6) is 0. The summed E-state index contributed by atoms with van der Waals surface area (Å²) < 4.78 is 0. The van der Waals surface area contributed by atoms with Crippen LogP contribution in [-0.4, -0.2) is 26.5 Å². The molecule has 2 rings (SSSR count). The van der Waals surface area contributed by atoms with Crippen molar-refractivity contribution in [1.82, 2.24) is 10.2 Å². The molecule has 3 N–H and O–H groups in total. The monoisotopic (exact) mass is 217 g/mol. The molecule has 82 valence electrons. The zero-order chi connectivity index (χ0) is 11.5. The molecule has 0 saturated carbocycles. The van der Waals surface area contributed by atoms with Gasteiger partial charge < -0.3 is 10.2 Å². The van der Waals surface area contributed by atoms with E-state index in [-0.39, 0.29) is 6.42 Å². The number of rotatable bonds is 3. The van der Waals surface area contributed by atoms with Crippen LogP contribution in [0.4, 0.5) is 0 Å². The van der Waals surface area contributed by atoms with Gasteiger partial charge in [0, 0.05) is 5.39 Å². The predicted molar refractivity (Wildman–Crippen MR) is 57.3 cm³/mol. The second-order valence-corrected chi connectivity index (χ2v) is 3.59. The number of aliphatic hydroxyl groups is 2. The van der Waals surface area contributed by atoms with Crippen molar-refractivity contribution in [2.75, 3.05) is 0 Å². The Morgan fingerprint density at radius 1 is 1.44 bits per heavy atom. The Morgan fingerprint density at radius 3 is 3.00 bits per heavy atom. The molecule has 16 heavy (non-hydrogen) atoms. The topological polar surface area (TPSA) is 92.9 Å². The molecule has 0 saturated heterocycles. The van der Waals surface area contributed by atoms with E-state index in [9.17, 15) is 10.2 Å². The molecular weight excluding hydrogens is 206 g/mol. The number of benzene rings is 1. The lowest BCUT2D eigenvalue weighted by Crippen LogP contribution is -2.17. The average Bonchev–Trinajstić information content (AvgIpc) is 2.75. The van der Waals surface area contributed by atoms with Gasteiger partial charge in [-0.2, -0.15) is 10.4 Å². The van der Waals surface area contributed by atoms with Crippen LogP contribution >= 0.6 is 0 Å². The smallest absolute Gasteiger partial charge is 0.106 e. The van der Waals surface area contributed by atoms with Crippen LogP contribution in [0.15, 0.2) is 24.4 Å². The molecule has 5 nitrogen and oxygen atoms in total. The number of aromatic nitrogens is 2. The largest absolute Gasteiger partial charge is 0.389 e. The Bertz CT molecular complexity index is 529. The van der Waals surface area contributed by atoms with E-state index >= 15 is 0 Å². The van der Waals surface area contributed by atoms with Gasteiger partial charge in [-0.05, 0) is 17.7 Å². The summed E-state index contributed by atoms with van der Waals surface area (Å²) in [7, 11) is 0. The molecule has 1 heterocycles. The zero-order valence-electron chi connectivity index (χ0n) is 8.46. The molecule has 0 aliphatic carbocycles. The van der Waals surface area contributed by atoms with Crippen molar-refractivity contribution in [3.8, 4) is 6.07 Å². The fraction of sp³-hybridized carbons (Fsp3) is 0.273. The molecule has 2 aromatic rings. The first-order valence-corrected chi connectivity index (χ1v) is 4.88. The maximum Gasteiger partial charge on any atom is 0.106 e. The maximum atomic E-state index is 9.79. The SMILES string of the molecule is N#CCC(O)C(O)c1ccc2[nH]ncc2c1. The molecule has 0 aliphatic heterocycles. The molecule has 1 aromatic carbocycles. The van der Waals surface area contributed by atoms with Crippen LogP contribution in [0, 0.1) is 11.3 Å². The van der Waals surface area contributed by atoms with E-state index in [4.69, 9.17) is 5.26 Å². The van der Waals surface area contributed by atoms with Crippen molar-refractivity contribution >= 4 is 10.9 Å². The third-order valence-corrected chi connectivity index (χ3v) is 2.47. The van der Waals surface area contributed by atoms with E-state index in [0.29, 0.717) is 5.56 Å². The van der Waals surface area contributed by atoms with Crippen LogP contribution in [-0.2, 0) is 0 Å². The van der Waals surface area contributed by atoms with Gasteiger partial charge in [0.2, 0.25) is 0 Å². The van der Waals surface area contributed by atoms with Crippen molar-refractivity contribution in [1.29, 1.82) is 5.26 Å². The highest BCUT2D eigenvalue weighted by Crippen LogP contribution is 2.22. The molecule has 0 amide bonds. The van der Waals surface area contributed by atoms with Gasteiger partial charge >= 0.3 is 0 Å². The van der Waals surface area contributed by atoms with Gasteiger partial charge in [0.25, 0.3) is 0 Å². The molecule has 2 atom stereocenters. The van der Waals surface area contributed by atoms with Crippen molar-refractivity contribution in [3.05, 3.63) is 30.0 Å². The van der Waals surface area contributed by atoms with Crippen LogP contribution in [0.5, 0.6) is 0 Å². The Balaban J connectivity index is 2.29. The summed E-state index contributed by atoms with van der Waals surface area (Å²) in [4.78, 5) is 0. The summed E-state index contributed by atoms with van der Waals surface area (Å²) in [6.45, 7) is 0. The minimum atomic E-state index is -1.06. The summed E-state index contributed by atoms with van der Waals surface area (Å²) in [6, 6.07) is 7.04. The van der Waals surface area contributed by atoms with Gasteiger partial charge in [0.05, 0.1) is 30.3 Å². The quantitative estimate of drug-likeness (QED) is 0.711. The van der Waals surface area contributed by atoms with Gasteiger partial charge in [0.1, 0.15) is 6.10 Å². The molecule has 2 unspecified atom stereocenters. The number of H-pyrrole nitrogens is 1. The van der Waals surface area contributed by atoms with Crippen molar-refractivity contribution < 1.29 is 10.2 Å². The summed E-state index contributed by atoms with van der Waals surface area (Å²) in [5.41, 5.74) is 1.45. The first-order chi connectivity index (χ1) is 7.72. The predicted octanol–water partition coefficient (Wildman–Crippen LogP) is 0.871. The number of nitrogens with zero attached hydrogens (tertiary/aromatic N) is 2. The summed E-state index contributed by atoms with van der Waals surface area (Å²) in [6.07, 6.45) is -0.555. The van der Waals surface area contributed by atoms with Crippen LogP contribution < -0.4 is 0 Å². The van der Waals surface area contributed by atoms with E-state index < -0.39 is 12.2 Å². The van der Waals surface area contributed by atoms with Crippen LogP contribution in [0.3, 0.4) is 0 Å². The van der Waals surface area contributed by atoms with E-state index in [1.807, 2.05) is 6.07 Å². The van der Waals surface area contributed by atoms with Gasteiger partial charge in [-0.3, -0.25) is 5.10 Å². The maximum absolute atomic E-state index is 9.79. The third-order valence-electron chi connectivity index (χ3n) is 2.47. The third kappa shape index (κ3) is 1.89. The molecule has 0 aliphatic rings. The minimum Gasteiger partial charge on any atom is -0.389 e. The Kier molecular flexibility index (Phi) is 2.86. The summed E-state index contributed by atoms with van der Waals surface area (Å²) >= 11 is 0. The number of nitrogens with one attached hydrogen (secondary N) is 1. The molecule has 1 aromatic heterocycles. The van der Waals surface area contributed by atoms with Crippen molar-refractivity contribution in [3.63, 3.8) is 0 Å². The molecule has 0 bridgehead atoms. The highest BCUT2D eigenvalue weighted by molar-refractivity contribution is 5.78. The van der Waals surface area contributed by atoms with Gasteiger partial charge in [0.15, 0.2) is 0 Å². The lowest BCUT2D eigenvalue weighted by atomic mass is 10.0. The van der Waals surface area contributed by atoms with Crippen molar-refractivity contribution in [2.24, 2.45) is 0 Å². The number of hydrogen-bond donors (Lipinski definition) is 3. The Labute approximate surface area is 92.0 Å². The number of hydrogen-bond acceptors (Lipinski definition) is 4. The van der Waals surface area contributed by atoms with Crippen LogP contribution in [0.2, 0.25) is 0 Å². The first-order valence-electron chi connectivity index (χ1n) is 4.88. The fourth-order valence-electron chi connectivity index (χ4n) is 1.57. The molecule has 0 spiro atoms. The van der Waals surface area contributed by atoms with Crippen molar-refractivity contribution in [2.45, 2.75) is 18.6 Å².